The van der Waals surface area contributed by atoms with Gasteiger partial charge in [0.2, 0.25) is 0 Å². The zero-order chi connectivity index (χ0) is 10.4. The fourth-order valence-corrected chi connectivity index (χ4v) is 1.33. The molecule has 0 unspecified atom stereocenters. The van der Waals surface area contributed by atoms with E-state index >= 15 is 0 Å². The predicted molar refractivity (Wildman–Crippen MR) is 55.4 cm³/mol. The van der Waals surface area contributed by atoms with Crippen LogP contribution in [0.2, 0.25) is 0 Å². The molecule has 0 aliphatic rings. The first kappa shape index (κ1) is 10.6. The Labute approximate surface area is 83.9 Å². The lowest BCUT2D eigenvalue weighted by Gasteiger charge is -2.02. The molecule has 0 radical (unpaired) electrons. The van der Waals surface area contributed by atoms with Crippen molar-refractivity contribution in [3.05, 3.63) is 35.4 Å². The molecule has 2 heteroatoms. The van der Waals surface area contributed by atoms with Crippen LogP contribution in [0.25, 0.3) is 0 Å². The second-order valence-corrected chi connectivity index (χ2v) is 3.21. The molecule has 0 atom stereocenters. The van der Waals surface area contributed by atoms with Gasteiger partial charge in [0, 0.05) is 18.4 Å². The standard InChI is InChI=1S/C12H14O2/c1-2-12(14)8-7-10-5-3-4-6-11(10)9-13/h3-6,9H,2,7-8H2,1H3. The fraction of sp³-hybridized carbons (Fsp3) is 0.333. The van der Waals surface area contributed by atoms with Crippen LogP contribution in [0.4, 0.5) is 0 Å². The van der Waals surface area contributed by atoms with E-state index in [-0.39, 0.29) is 5.78 Å². The van der Waals surface area contributed by atoms with Crippen LogP contribution in [0.3, 0.4) is 0 Å². The molecule has 0 amide bonds. The van der Waals surface area contributed by atoms with E-state index in [1.165, 1.54) is 0 Å². The van der Waals surface area contributed by atoms with Crippen LogP contribution in [0.15, 0.2) is 24.3 Å². The number of aryl methyl sites for hydroxylation is 1. The Bertz CT molecular complexity index is 329. The Morgan fingerprint density at radius 3 is 2.71 bits per heavy atom. The van der Waals surface area contributed by atoms with Gasteiger partial charge in [-0.05, 0) is 12.0 Å². The second-order valence-electron chi connectivity index (χ2n) is 3.21. The highest BCUT2D eigenvalue weighted by Crippen LogP contribution is 2.09. The van der Waals surface area contributed by atoms with Gasteiger partial charge in [0.05, 0.1) is 0 Å². The average molecular weight is 190 g/mol. The number of benzene rings is 1. The van der Waals surface area contributed by atoms with Gasteiger partial charge < -0.3 is 0 Å². The zero-order valence-electron chi connectivity index (χ0n) is 8.32. The predicted octanol–water partition coefficient (Wildman–Crippen LogP) is 2.41. The van der Waals surface area contributed by atoms with Gasteiger partial charge in [0.15, 0.2) is 0 Å². The summed E-state index contributed by atoms with van der Waals surface area (Å²) in [6.07, 6.45) is 2.61. The van der Waals surface area contributed by atoms with Crippen LogP contribution in [0.5, 0.6) is 0 Å². The summed E-state index contributed by atoms with van der Waals surface area (Å²) in [5.74, 6) is 0.241. The third-order valence-corrected chi connectivity index (χ3v) is 2.25. The molecule has 0 saturated carbocycles. The van der Waals surface area contributed by atoms with Crippen molar-refractivity contribution in [2.24, 2.45) is 0 Å². The van der Waals surface area contributed by atoms with Gasteiger partial charge in [0.25, 0.3) is 0 Å². The van der Waals surface area contributed by atoms with E-state index in [4.69, 9.17) is 0 Å². The van der Waals surface area contributed by atoms with Gasteiger partial charge in [-0.1, -0.05) is 31.2 Å². The van der Waals surface area contributed by atoms with E-state index in [1.807, 2.05) is 25.1 Å². The van der Waals surface area contributed by atoms with Gasteiger partial charge in [0.1, 0.15) is 12.1 Å². The topological polar surface area (TPSA) is 34.1 Å². The third kappa shape index (κ3) is 2.80. The molecule has 14 heavy (non-hydrogen) atoms. The van der Waals surface area contributed by atoms with E-state index < -0.39 is 0 Å². The maximum Gasteiger partial charge on any atom is 0.150 e. The Morgan fingerprint density at radius 2 is 2.07 bits per heavy atom. The van der Waals surface area contributed by atoms with Gasteiger partial charge in [-0.2, -0.15) is 0 Å². The lowest BCUT2D eigenvalue weighted by atomic mass is 10.0. The Morgan fingerprint density at radius 1 is 1.36 bits per heavy atom. The fourth-order valence-electron chi connectivity index (χ4n) is 1.33. The number of rotatable bonds is 5. The Balaban J connectivity index is 2.66. The van der Waals surface area contributed by atoms with Crippen molar-refractivity contribution < 1.29 is 9.59 Å². The number of Topliss-reactive ketones (excluding diaryl/α,β-unsaturated/α-hetero) is 1. The monoisotopic (exact) mass is 190 g/mol. The smallest absolute Gasteiger partial charge is 0.150 e. The number of hydrogen-bond donors (Lipinski definition) is 0. The minimum Gasteiger partial charge on any atom is -0.300 e. The van der Waals surface area contributed by atoms with Crippen molar-refractivity contribution in [1.82, 2.24) is 0 Å². The minimum atomic E-state index is 0.241. The molecule has 74 valence electrons. The van der Waals surface area contributed by atoms with Crippen molar-refractivity contribution in [1.29, 1.82) is 0 Å². The van der Waals surface area contributed by atoms with Crippen molar-refractivity contribution in [2.75, 3.05) is 0 Å². The third-order valence-electron chi connectivity index (χ3n) is 2.25. The van der Waals surface area contributed by atoms with Crippen LogP contribution in [-0.2, 0) is 11.2 Å². The first-order chi connectivity index (χ1) is 6.77. The molecule has 0 bridgehead atoms. The molecule has 0 spiro atoms. The van der Waals surface area contributed by atoms with Crippen LogP contribution in [0.1, 0.15) is 35.7 Å². The van der Waals surface area contributed by atoms with Crippen LogP contribution >= 0.6 is 0 Å². The molecule has 1 aromatic carbocycles. The second kappa shape index (κ2) is 5.32. The molecule has 0 aromatic heterocycles. The molecule has 0 aliphatic carbocycles. The van der Waals surface area contributed by atoms with Crippen molar-refractivity contribution >= 4 is 12.1 Å². The molecule has 0 heterocycles. The minimum absolute atomic E-state index is 0.241. The normalized spacial score (nSPS) is 9.79. The molecule has 2 nitrogen and oxygen atoms in total. The van der Waals surface area contributed by atoms with Crippen LogP contribution in [0, 0.1) is 0 Å². The molecule has 1 aromatic rings. The maximum absolute atomic E-state index is 11.1. The number of hydrogen-bond acceptors (Lipinski definition) is 2. The molecule has 1 rings (SSSR count). The quantitative estimate of drug-likeness (QED) is 0.668. The SMILES string of the molecule is CCC(=O)CCc1ccccc1C=O. The summed E-state index contributed by atoms with van der Waals surface area (Å²) < 4.78 is 0. The average Bonchev–Trinajstić information content (AvgIpc) is 2.26. The molecule has 0 aliphatic heterocycles. The van der Waals surface area contributed by atoms with Gasteiger partial charge in [-0.15, -0.1) is 0 Å². The van der Waals surface area contributed by atoms with E-state index in [2.05, 4.69) is 0 Å². The summed E-state index contributed by atoms with van der Waals surface area (Å²) in [6, 6.07) is 7.39. The van der Waals surface area contributed by atoms with Gasteiger partial charge in [-0.3, -0.25) is 9.59 Å². The molecule has 0 saturated heterocycles. The molecular formula is C12H14O2. The lowest BCUT2D eigenvalue weighted by Crippen LogP contribution is -2.00. The van der Waals surface area contributed by atoms with Gasteiger partial charge in [-0.25, -0.2) is 0 Å². The van der Waals surface area contributed by atoms with Crippen molar-refractivity contribution in [2.45, 2.75) is 26.2 Å². The van der Waals surface area contributed by atoms with Gasteiger partial charge >= 0.3 is 0 Å². The zero-order valence-corrected chi connectivity index (χ0v) is 8.32. The summed E-state index contributed by atoms with van der Waals surface area (Å²) in [4.78, 5) is 21.8. The highest BCUT2D eigenvalue weighted by atomic mass is 16.1. The molecular weight excluding hydrogens is 176 g/mol. The first-order valence-corrected chi connectivity index (χ1v) is 4.82. The van der Waals surface area contributed by atoms with E-state index in [0.717, 1.165) is 11.8 Å². The number of carbonyl (C=O) groups excluding carboxylic acids is 2. The first-order valence-electron chi connectivity index (χ1n) is 4.82. The summed E-state index contributed by atoms with van der Waals surface area (Å²) in [7, 11) is 0. The maximum atomic E-state index is 11.1. The van der Waals surface area contributed by atoms with Crippen molar-refractivity contribution in [3.8, 4) is 0 Å². The van der Waals surface area contributed by atoms with E-state index in [0.29, 0.717) is 24.8 Å². The molecule has 0 N–H and O–H groups in total. The Hall–Kier alpha value is -1.44. The number of aldehydes is 1. The van der Waals surface area contributed by atoms with E-state index in [1.54, 1.807) is 6.07 Å². The highest BCUT2D eigenvalue weighted by molar-refractivity contribution is 5.80. The summed E-state index contributed by atoms with van der Waals surface area (Å²) in [6.45, 7) is 1.86. The largest absolute Gasteiger partial charge is 0.300 e. The summed E-state index contributed by atoms with van der Waals surface area (Å²) in [5, 5.41) is 0. The Kier molecular flexibility index (Phi) is 4.05. The number of ketones is 1. The van der Waals surface area contributed by atoms with Crippen LogP contribution in [-0.4, -0.2) is 12.1 Å². The lowest BCUT2D eigenvalue weighted by molar-refractivity contribution is -0.118. The highest BCUT2D eigenvalue weighted by Gasteiger charge is 2.03. The number of carbonyl (C=O) groups is 2. The summed E-state index contributed by atoms with van der Waals surface area (Å²) >= 11 is 0. The van der Waals surface area contributed by atoms with Crippen molar-refractivity contribution in [3.63, 3.8) is 0 Å². The summed E-state index contributed by atoms with van der Waals surface area (Å²) in [5.41, 5.74) is 1.65. The van der Waals surface area contributed by atoms with E-state index in [9.17, 15) is 9.59 Å². The molecule has 0 fully saturated rings. The van der Waals surface area contributed by atoms with Crippen LogP contribution < -0.4 is 0 Å².